The van der Waals surface area contributed by atoms with Gasteiger partial charge in [-0.25, -0.2) is 4.79 Å². The lowest BCUT2D eigenvalue weighted by atomic mass is 10.2. The maximum absolute atomic E-state index is 10.8. The van der Waals surface area contributed by atoms with Gasteiger partial charge in [0.1, 0.15) is 0 Å². The van der Waals surface area contributed by atoms with Crippen molar-refractivity contribution in [2.24, 2.45) is 5.73 Å². The SMILES string of the molecule is CC(CN)Nc1ccc(Cl)c(C(=O)O)c1. The van der Waals surface area contributed by atoms with Crippen molar-refractivity contribution in [2.75, 3.05) is 11.9 Å². The highest BCUT2D eigenvalue weighted by Gasteiger charge is 2.09. The minimum absolute atomic E-state index is 0.0888. The Hall–Kier alpha value is -1.26. The summed E-state index contributed by atoms with van der Waals surface area (Å²) >= 11 is 5.73. The molecule has 82 valence electrons. The molecule has 1 atom stereocenters. The van der Waals surface area contributed by atoms with E-state index >= 15 is 0 Å². The van der Waals surface area contributed by atoms with Crippen LogP contribution in [-0.4, -0.2) is 23.7 Å². The Morgan fingerprint density at radius 3 is 2.87 bits per heavy atom. The maximum atomic E-state index is 10.8. The molecule has 0 saturated heterocycles. The van der Waals surface area contributed by atoms with E-state index in [4.69, 9.17) is 22.4 Å². The van der Waals surface area contributed by atoms with Gasteiger partial charge in [0.2, 0.25) is 0 Å². The molecule has 1 aromatic rings. The zero-order valence-corrected chi connectivity index (χ0v) is 9.08. The molecule has 4 nitrogen and oxygen atoms in total. The van der Waals surface area contributed by atoms with Crippen molar-refractivity contribution in [2.45, 2.75) is 13.0 Å². The van der Waals surface area contributed by atoms with Gasteiger partial charge in [0, 0.05) is 18.3 Å². The first-order valence-electron chi connectivity index (χ1n) is 4.54. The van der Waals surface area contributed by atoms with Crippen molar-refractivity contribution in [3.8, 4) is 0 Å². The number of benzene rings is 1. The van der Waals surface area contributed by atoms with Gasteiger partial charge in [-0.3, -0.25) is 0 Å². The van der Waals surface area contributed by atoms with Gasteiger partial charge in [0.25, 0.3) is 0 Å². The maximum Gasteiger partial charge on any atom is 0.337 e. The summed E-state index contributed by atoms with van der Waals surface area (Å²) in [6.45, 7) is 2.39. The molecule has 0 aliphatic carbocycles. The molecular formula is C10H13ClN2O2. The topological polar surface area (TPSA) is 75.3 Å². The molecule has 1 rings (SSSR count). The second kappa shape index (κ2) is 5.00. The van der Waals surface area contributed by atoms with E-state index in [9.17, 15) is 4.79 Å². The number of carbonyl (C=O) groups is 1. The monoisotopic (exact) mass is 228 g/mol. The third-order valence-electron chi connectivity index (χ3n) is 1.96. The van der Waals surface area contributed by atoms with Crippen LogP contribution >= 0.6 is 11.6 Å². The van der Waals surface area contributed by atoms with E-state index in [0.717, 1.165) is 0 Å². The highest BCUT2D eigenvalue weighted by Crippen LogP contribution is 2.20. The minimum atomic E-state index is -1.04. The predicted octanol–water partition coefficient (Wildman–Crippen LogP) is 1.80. The first kappa shape index (κ1) is 11.8. The van der Waals surface area contributed by atoms with Crippen molar-refractivity contribution in [1.82, 2.24) is 0 Å². The van der Waals surface area contributed by atoms with Gasteiger partial charge < -0.3 is 16.2 Å². The van der Waals surface area contributed by atoms with Crippen LogP contribution in [0.15, 0.2) is 18.2 Å². The number of rotatable bonds is 4. The van der Waals surface area contributed by atoms with E-state index in [1.807, 2.05) is 6.92 Å². The molecule has 0 bridgehead atoms. The summed E-state index contributed by atoms with van der Waals surface area (Å²) in [6, 6.07) is 4.86. The van der Waals surface area contributed by atoms with Crippen LogP contribution in [0.4, 0.5) is 5.69 Å². The molecule has 0 saturated carbocycles. The number of hydrogen-bond donors (Lipinski definition) is 3. The molecule has 0 amide bonds. The average Bonchev–Trinajstić information content (AvgIpc) is 2.20. The van der Waals surface area contributed by atoms with Crippen molar-refractivity contribution in [3.05, 3.63) is 28.8 Å². The molecule has 4 N–H and O–H groups in total. The number of halogens is 1. The zero-order chi connectivity index (χ0) is 11.4. The van der Waals surface area contributed by atoms with Crippen LogP contribution in [0, 0.1) is 0 Å². The van der Waals surface area contributed by atoms with Crippen LogP contribution in [0.5, 0.6) is 0 Å². The van der Waals surface area contributed by atoms with Crippen LogP contribution in [-0.2, 0) is 0 Å². The van der Waals surface area contributed by atoms with E-state index in [0.29, 0.717) is 12.2 Å². The fourth-order valence-corrected chi connectivity index (χ4v) is 1.32. The summed E-state index contributed by atoms with van der Waals surface area (Å²) < 4.78 is 0. The van der Waals surface area contributed by atoms with Gasteiger partial charge in [-0.2, -0.15) is 0 Å². The molecule has 0 heterocycles. The molecular weight excluding hydrogens is 216 g/mol. The lowest BCUT2D eigenvalue weighted by molar-refractivity contribution is 0.0697. The van der Waals surface area contributed by atoms with Gasteiger partial charge in [-0.15, -0.1) is 0 Å². The summed E-state index contributed by atoms with van der Waals surface area (Å²) in [5.41, 5.74) is 6.24. The molecule has 0 fully saturated rings. The summed E-state index contributed by atoms with van der Waals surface area (Å²) in [5, 5.41) is 12.1. The smallest absolute Gasteiger partial charge is 0.337 e. The largest absolute Gasteiger partial charge is 0.478 e. The molecule has 0 radical (unpaired) electrons. The van der Waals surface area contributed by atoms with E-state index in [-0.39, 0.29) is 16.6 Å². The number of nitrogens with one attached hydrogen (secondary N) is 1. The average molecular weight is 229 g/mol. The molecule has 0 spiro atoms. The quantitative estimate of drug-likeness (QED) is 0.735. The standard InChI is InChI=1S/C10H13ClN2O2/c1-6(5-12)13-7-2-3-9(11)8(4-7)10(14)15/h2-4,6,13H,5,12H2,1H3,(H,14,15). The number of carboxylic acids is 1. The number of nitrogens with two attached hydrogens (primary N) is 1. The van der Waals surface area contributed by atoms with Crippen molar-refractivity contribution >= 4 is 23.3 Å². The lowest BCUT2D eigenvalue weighted by Gasteiger charge is -2.13. The van der Waals surface area contributed by atoms with E-state index < -0.39 is 5.97 Å². The van der Waals surface area contributed by atoms with Gasteiger partial charge >= 0.3 is 5.97 Å². The Balaban J connectivity index is 2.92. The van der Waals surface area contributed by atoms with Gasteiger partial charge in [0.15, 0.2) is 0 Å². The van der Waals surface area contributed by atoms with Crippen LogP contribution < -0.4 is 11.1 Å². The second-order valence-corrected chi connectivity index (χ2v) is 3.69. The summed E-state index contributed by atoms with van der Waals surface area (Å²) in [5.74, 6) is -1.04. The molecule has 0 aliphatic heterocycles. The normalized spacial score (nSPS) is 12.2. The van der Waals surface area contributed by atoms with Crippen LogP contribution in [0.25, 0.3) is 0 Å². The van der Waals surface area contributed by atoms with Gasteiger partial charge in [-0.05, 0) is 25.1 Å². The number of hydrogen-bond acceptors (Lipinski definition) is 3. The van der Waals surface area contributed by atoms with Crippen LogP contribution in [0.2, 0.25) is 5.02 Å². The third-order valence-corrected chi connectivity index (χ3v) is 2.29. The Bertz CT molecular complexity index is 368. The fourth-order valence-electron chi connectivity index (χ4n) is 1.12. The Morgan fingerprint density at radius 1 is 1.67 bits per heavy atom. The molecule has 5 heteroatoms. The number of carboxylic acid groups (broad SMARTS) is 1. The Kier molecular flexibility index (Phi) is 3.94. The predicted molar refractivity (Wildman–Crippen MR) is 60.6 cm³/mol. The molecule has 1 unspecified atom stereocenters. The lowest BCUT2D eigenvalue weighted by Crippen LogP contribution is -2.25. The highest BCUT2D eigenvalue weighted by atomic mass is 35.5. The summed E-state index contributed by atoms with van der Waals surface area (Å²) in [6.07, 6.45) is 0. The van der Waals surface area contributed by atoms with Crippen molar-refractivity contribution < 1.29 is 9.90 Å². The molecule has 15 heavy (non-hydrogen) atoms. The van der Waals surface area contributed by atoms with Crippen molar-refractivity contribution in [3.63, 3.8) is 0 Å². The summed E-state index contributed by atoms with van der Waals surface area (Å²) in [4.78, 5) is 10.8. The van der Waals surface area contributed by atoms with Crippen LogP contribution in [0.1, 0.15) is 17.3 Å². The molecule has 0 aromatic heterocycles. The van der Waals surface area contributed by atoms with E-state index in [2.05, 4.69) is 5.32 Å². The second-order valence-electron chi connectivity index (χ2n) is 3.28. The molecule has 0 aliphatic rings. The van der Waals surface area contributed by atoms with E-state index in [1.54, 1.807) is 12.1 Å². The minimum Gasteiger partial charge on any atom is -0.478 e. The van der Waals surface area contributed by atoms with Crippen molar-refractivity contribution in [1.29, 1.82) is 0 Å². The first-order chi connectivity index (χ1) is 7.04. The van der Waals surface area contributed by atoms with Gasteiger partial charge in [0.05, 0.1) is 10.6 Å². The first-order valence-corrected chi connectivity index (χ1v) is 4.92. The molecule has 1 aromatic carbocycles. The fraction of sp³-hybridized carbons (Fsp3) is 0.300. The van der Waals surface area contributed by atoms with Crippen LogP contribution in [0.3, 0.4) is 0 Å². The zero-order valence-electron chi connectivity index (χ0n) is 8.33. The summed E-state index contributed by atoms with van der Waals surface area (Å²) in [7, 11) is 0. The van der Waals surface area contributed by atoms with Gasteiger partial charge in [-0.1, -0.05) is 11.6 Å². The van der Waals surface area contributed by atoms with E-state index in [1.165, 1.54) is 6.07 Å². The third kappa shape index (κ3) is 3.11. The number of aromatic carboxylic acids is 1. The highest BCUT2D eigenvalue weighted by molar-refractivity contribution is 6.33. The number of anilines is 1. The Labute approximate surface area is 93.0 Å². The Morgan fingerprint density at radius 2 is 2.33 bits per heavy atom.